The van der Waals surface area contributed by atoms with Crippen LogP contribution in [0.15, 0.2) is 30.4 Å². The Labute approximate surface area is 157 Å². The normalized spacial score (nSPS) is 20.8. The lowest BCUT2D eigenvalue weighted by Gasteiger charge is -2.34. The van der Waals surface area contributed by atoms with E-state index in [2.05, 4.69) is 29.2 Å². The molecule has 1 atom stereocenters. The first kappa shape index (κ1) is 18.8. The molecule has 0 bridgehead atoms. The molecule has 1 aliphatic carbocycles. The maximum atomic E-state index is 12.6. The average molecular weight is 357 g/mol. The van der Waals surface area contributed by atoms with Gasteiger partial charge in [-0.15, -0.1) is 0 Å². The molecule has 1 saturated heterocycles. The molecule has 1 heterocycles. The van der Waals surface area contributed by atoms with Crippen LogP contribution in [0.25, 0.3) is 0 Å². The Bertz CT molecular complexity index is 610. The summed E-state index contributed by atoms with van der Waals surface area (Å²) < 4.78 is 10.7. The number of carbonyl (C=O) groups is 1. The topological polar surface area (TPSA) is 38.8 Å². The molecule has 0 unspecified atom stereocenters. The van der Waals surface area contributed by atoms with Gasteiger partial charge in [0.25, 0.3) is 0 Å². The predicted octanol–water partition coefficient (Wildman–Crippen LogP) is 4.23. The van der Waals surface area contributed by atoms with Crippen LogP contribution >= 0.6 is 0 Å². The molecule has 0 radical (unpaired) electrons. The number of rotatable bonds is 6. The van der Waals surface area contributed by atoms with E-state index in [0.29, 0.717) is 11.8 Å². The zero-order chi connectivity index (χ0) is 18.4. The molecule has 0 N–H and O–H groups in total. The van der Waals surface area contributed by atoms with E-state index in [4.69, 9.17) is 9.47 Å². The molecule has 4 nitrogen and oxygen atoms in total. The van der Waals surface area contributed by atoms with Gasteiger partial charge in [0, 0.05) is 25.1 Å². The summed E-state index contributed by atoms with van der Waals surface area (Å²) in [6.07, 6.45) is 11.8. The van der Waals surface area contributed by atoms with Gasteiger partial charge in [-0.1, -0.05) is 12.2 Å². The maximum Gasteiger partial charge on any atom is 0.226 e. The van der Waals surface area contributed by atoms with Crippen LogP contribution < -0.4 is 9.47 Å². The van der Waals surface area contributed by atoms with E-state index in [1.165, 1.54) is 5.56 Å². The lowest BCUT2D eigenvalue weighted by molar-refractivity contribution is -0.137. The Morgan fingerprint density at radius 2 is 1.73 bits per heavy atom. The van der Waals surface area contributed by atoms with Crippen molar-refractivity contribution in [3.05, 3.63) is 35.9 Å². The summed E-state index contributed by atoms with van der Waals surface area (Å²) >= 11 is 0. The second-order valence-corrected chi connectivity index (χ2v) is 7.51. The molecule has 4 heteroatoms. The largest absolute Gasteiger partial charge is 0.497 e. The minimum absolute atomic E-state index is 0.223. The minimum atomic E-state index is 0.223. The van der Waals surface area contributed by atoms with E-state index >= 15 is 0 Å². The fraction of sp³-hybridized carbons (Fsp3) is 0.591. The Morgan fingerprint density at radius 3 is 2.31 bits per heavy atom. The molecule has 1 aliphatic heterocycles. The van der Waals surface area contributed by atoms with Crippen LogP contribution in [-0.2, 0) is 11.2 Å². The number of nitrogens with zero attached hydrogens (tertiary/aromatic N) is 1. The van der Waals surface area contributed by atoms with Crippen molar-refractivity contribution < 1.29 is 14.3 Å². The highest BCUT2D eigenvalue weighted by molar-refractivity contribution is 5.79. The van der Waals surface area contributed by atoms with Gasteiger partial charge in [0.15, 0.2) is 0 Å². The quantitative estimate of drug-likeness (QED) is 0.715. The summed E-state index contributed by atoms with van der Waals surface area (Å²) in [7, 11) is 3.38. The van der Waals surface area contributed by atoms with Crippen molar-refractivity contribution >= 4 is 5.91 Å². The molecular formula is C22H31NO3. The summed E-state index contributed by atoms with van der Waals surface area (Å²) in [6, 6.07) is 6.10. The van der Waals surface area contributed by atoms with Crippen molar-refractivity contribution in [1.82, 2.24) is 4.90 Å². The van der Waals surface area contributed by atoms with Crippen molar-refractivity contribution in [3.63, 3.8) is 0 Å². The molecule has 26 heavy (non-hydrogen) atoms. The minimum Gasteiger partial charge on any atom is -0.497 e. The number of ether oxygens (including phenoxy) is 2. The van der Waals surface area contributed by atoms with E-state index in [9.17, 15) is 4.79 Å². The molecule has 3 rings (SSSR count). The number of hydrogen-bond donors (Lipinski definition) is 0. The number of methoxy groups -OCH3 is 2. The molecular weight excluding hydrogens is 326 g/mol. The van der Waals surface area contributed by atoms with Gasteiger partial charge in [-0.05, 0) is 68.6 Å². The van der Waals surface area contributed by atoms with Gasteiger partial charge < -0.3 is 14.4 Å². The third kappa shape index (κ3) is 4.80. The van der Waals surface area contributed by atoms with Crippen LogP contribution in [0, 0.1) is 11.8 Å². The third-order valence-corrected chi connectivity index (χ3v) is 5.80. The molecule has 2 aliphatic rings. The van der Waals surface area contributed by atoms with Crippen LogP contribution in [0.4, 0.5) is 0 Å². The first-order chi connectivity index (χ1) is 12.7. The maximum absolute atomic E-state index is 12.6. The number of amides is 1. The van der Waals surface area contributed by atoms with Gasteiger partial charge in [0.1, 0.15) is 11.5 Å². The first-order valence-electron chi connectivity index (χ1n) is 9.85. The summed E-state index contributed by atoms with van der Waals surface area (Å²) in [5, 5.41) is 0. The molecule has 0 aromatic heterocycles. The number of aryl methyl sites for hydroxylation is 1. The van der Waals surface area contributed by atoms with Crippen molar-refractivity contribution in [1.29, 1.82) is 0 Å². The first-order valence-corrected chi connectivity index (χ1v) is 9.85. The van der Waals surface area contributed by atoms with Crippen LogP contribution in [0.5, 0.6) is 11.5 Å². The highest BCUT2D eigenvalue weighted by Crippen LogP contribution is 2.28. The highest BCUT2D eigenvalue weighted by Gasteiger charge is 2.28. The van der Waals surface area contributed by atoms with Gasteiger partial charge in [-0.25, -0.2) is 0 Å². The number of likely N-dealkylation sites (tertiary alicyclic amines) is 1. The molecule has 1 amide bonds. The standard InChI is InChI=1S/C22H31NO3/c1-25-20-14-18(15-21(16-20)26-2)9-8-17-10-12-23(13-11-17)22(24)19-6-4-3-5-7-19/h3-4,14-17,19H,5-13H2,1-2H3/t19-/m1/s1. The molecule has 0 saturated carbocycles. The summed E-state index contributed by atoms with van der Waals surface area (Å²) in [5.41, 5.74) is 1.26. The summed E-state index contributed by atoms with van der Waals surface area (Å²) in [5.74, 6) is 3.00. The number of piperidine rings is 1. The molecule has 1 aromatic rings. The van der Waals surface area contributed by atoms with Crippen molar-refractivity contribution in [2.24, 2.45) is 11.8 Å². The van der Waals surface area contributed by atoms with Gasteiger partial charge >= 0.3 is 0 Å². The lowest BCUT2D eigenvalue weighted by Crippen LogP contribution is -2.42. The fourth-order valence-electron chi connectivity index (χ4n) is 4.10. The monoisotopic (exact) mass is 357 g/mol. The fourth-order valence-corrected chi connectivity index (χ4v) is 4.10. The van der Waals surface area contributed by atoms with Gasteiger partial charge in [-0.2, -0.15) is 0 Å². The summed E-state index contributed by atoms with van der Waals surface area (Å²) in [6.45, 7) is 1.84. The molecule has 1 aromatic carbocycles. The van der Waals surface area contributed by atoms with Crippen molar-refractivity contribution in [2.45, 2.75) is 44.9 Å². The Hall–Kier alpha value is -1.97. The van der Waals surface area contributed by atoms with Crippen LogP contribution in [0.3, 0.4) is 0 Å². The molecule has 142 valence electrons. The number of allylic oxidation sites excluding steroid dienone is 2. The van der Waals surface area contributed by atoms with Gasteiger partial charge in [0.05, 0.1) is 14.2 Å². The Balaban J connectivity index is 1.47. The van der Waals surface area contributed by atoms with E-state index in [0.717, 1.165) is 69.5 Å². The highest BCUT2D eigenvalue weighted by atomic mass is 16.5. The van der Waals surface area contributed by atoms with Crippen LogP contribution in [-0.4, -0.2) is 38.1 Å². The third-order valence-electron chi connectivity index (χ3n) is 5.80. The molecule has 0 spiro atoms. The second-order valence-electron chi connectivity index (χ2n) is 7.51. The summed E-state index contributed by atoms with van der Waals surface area (Å²) in [4.78, 5) is 14.8. The second kappa shape index (κ2) is 9.11. The van der Waals surface area contributed by atoms with E-state index in [1.54, 1.807) is 14.2 Å². The van der Waals surface area contributed by atoms with Gasteiger partial charge in [-0.3, -0.25) is 4.79 Å². The van der Waals surface area contributed by atoms with E-state index in [1.807, 2.05) is 6.07 Å². The smallest absolute Gasteiger partial charge is 0.226 e. The zero-order valence-electron chi connectivity index (χ0n) is 16.1. The van der Waals surface area contributed by atoms with E-state index in [-0.39, 0.29) is 5.92 Å². The Kier molecular flexibility index (Phi) is 6.59. The number of benzene rings is 1. The zero-order valence-corrected chi connectivity index (χ0v) is 16.1. The number of carbonyl (C=O) groups excluding carboxylic acids is 1. The lowest BCUT2D eigenvalue weighted by atomic mass is 9.88. The Morgan fingerprint density at radius 1 is 1.04 bits per heavy atom. The van der Waals surface area contributed by atoms with Gasteiger partial charge in [0.2, 0.25) is 5.91 Å². The van der Waals surface area contributed by atoms with Crippen LogP contribution in [0.2, 0.25) is 0 Å². The SMILES string of the molecule is COc1cc(CCC2CCN(C(=O)[C@@H]3CC=CCC3)CC2)cc(OC)c1. The predicted molar refractivity (Wildman–Crippen MR) is 104 cm³/mol. The van der Waals surface area contributed by atoms with Crippen LogP contribution in [0.1, 0.15) is 44.1 Å². The van der Waals surface area contributed by atoms with Crippen molar-refractivity contribution in [2.75, 3.05) is 27.3 Å². The van der Waals surface area contributed by atoms with E-state index < -0.39 is 0 Å². The van der Waals surface area contributed by atoms with Crippen molar-refractivity contribution in [3.8, 4) is 11.5 Å². The molecule has 1 fully saturated rings. The average Bonchev–Trinajstić information content (AvgIpc) is 2.72. The number of hydrogen-bond acceptors (Lipinski definition) is 3.